The second-order valence-corrected chi connectivity index (χ2v) is 8.47. The predicted molar refractivity (Wildman–Crippen MR) is 84.1 cm³/mol. The van der Waals surface area contributed by atoms with Gasteiger partial charge in [-0.05, 0) is 73.0 Å². The summed E-state index contributed by atoms with van der Waals surface area (Å²) in [6.07, 6.45) is 2.00. The molecule has 1 saturated heterocycles. The van der Waals surface area contributed by atoms with E-state index in [4.69, 9.17) is 0 Å². The molecule has 2 rings (SSSR count). The Labute approximate surface area is 134 Å². The molecule has 4 nitrogen and oxygen atoms in total. The number of likely N-dealkylation sites (tertiary alicyclic amines) is 1. The van der Waals surface area contributed by atoms with Gasteiger partial charge in [-0.25, -0.2) is 17.1 Å². The third-order valence-corrected chi connectivity index (χ3v) is 6.74. The van der Waals surface area contributed by atoms with Crippen molar-refractivity contribution in [3.8, 4) is 0 Å². The van der Waals surface area contributed by atoms with Gasteiger partial charge in [0, 0.05) is 18.1 Å². The number of halogens is 2. The van der Waals surface area contributed by atoms with E-state index in [9.17, 15) is 12.8 Å². The molecule has 1 fully saturated rings. The van der Waals surface area contributed by atoms with Crippen LogP contribution in [0.2, 0.25) is 0 Å². The zero-order valence-electron chi connectivity index (χ0n) is 12.2. The average molecular weight is 379 g/mol. The van der Waals surface area contributed by atoms with Crippen LogP contribution in [0.3, 0.4) is 0 Å². The lowest BCUT2D eigenvalue weighted by atomic mass is 9.97. The first kappa shape index (κ1) is 16.9. The van der Waals surface area contributed by atoms with E-state index in [1.54, 1.807) is 7.05 Å². The fourth-order valence-electron chi connectivity index (χ4n) is 2.56. The van der Waals surface area contributed by atoms with Crippen LogP contribution < -0.4 is 0 Å². The van der Waals surface area contributed by atoms with E-state index >= 15 is 0 Å². The van der Waals surface area contributed by atoms with Gasteiger partial charge in [0.1, 0.15) is 5.82 Å². The topological polar surface area (TPSA) is 40.6 Å². The molecule has 0 unspecified atom stereocenters. The highest BCUT2D eigenvalue weighted by atomic mass is 79.9. The van der Waals surface area contributed by atoms with E-state index in [2.05, 4.69) is 27.9 Å². The monoisotopic (exact) mass is 378 g/mol. The Kier molecular flexibility index (Phi) is 5.40. The lowest BCUT2D eigenvalue weighted by Gasteiger charge is -2.31. The normalized spacial score (nSPS) is 18.3. The number of nitrogens with zero attached hydrogens (tertiary/aromatic N) is 2. The van der Waals surface area contributed by atoms with Crippen molar-refractivity contribution in [3.63, 3.8) is 0 Å². The van der Waals surface area contributed by atoms with Crippen LogP contribution in [0, 0.1) is 11.7 Å². The minimum Gasteiger partial charge on any atom is -0.306 e. The Morgan fingerprint density at radius 1 is 1.38 bits per heavy atom. The molecule has 7 heteroatoms. The van der Waals surface area contributed by atoms with Gasteiger partial charge < -0.3 is 4.90 Å². The second kappa shape index (κ2) is 6.73. The first-order chi connectivity index (χ1) is 9.80. The van der Waals surface area contributed by atoms with Crippen LogP contribution in [0.15, 0.2) is 27.6 Å². The van der Waals surface area contributed by atoms with Gasteiger partial charge >= 0.3 is 0 Å². The highest BCUT2D eigenvalue weighted by Crippen LogP contribution is 2.27. The summed E-state index contributed by atoms with van der Waals surface area (Å²) in [6.45, 7) is 2.50. The molecule has 1 aliphatic rings. The molecule has 1 heterocycles. The Balaban J connectivity index is 2.11. The summed E-state index contributed by atoms with van der Waals surface area (Å²) in [4.78, 5) is 2.36. The van der Waals surface area contributed by atoms with Gasteiger partial charge in [0.05, 0.1) is 4.90 Å². The van der Waals surface area contributed by atoms with Crippen LogP contribution in [-0.2, 0) is 10.0 Å². The zero-order chi connectivity index (χ0) is 15.6. The molecule has 21 heavy (non-hydrogen) atoms. The molecule has 1 aliphatic heterocycles. The van der Waals surface area contributed by atoms with Crippen LogP contribution in [-0.4, -0.2) is 51.4 Å². The Morgan fingerprint density at radius 3 is 2.57 bits per heavy atom. The van der Waals surface area contributed by atoms with Crippen molar-refractivity contribution in [1.82, 2.24) is 9.21 Å². The Morgan fingerprint density at radius 2 is 2.00 bits per heavy atom. The van der Waals surface area contributed by atoms with Gasteiger partial charge in [0.15, 0.2) is 0 Å². The summed E-state index contributed by atoms with van der Waals surface area (Å²) in [5.41, 5.74) is 0. The van der Waals surface area contributed by atoms with E-state index < -0.39 is 15.8 Å². The maximum Gasteiger partial charge on any atom is 0.243 e. The largest absolute Gasteiger partial charge is 0.306 e. The molecule has 0 spiro atoms. The third kappa shape index (κ3) is 4.03. The van der Waals surface area contributed by atoms with E-state index in [-0.39, 0.29) is 9.37 Å². The lowest BCUT2D eigenvalue weighted by Crippen LogP contribution is -2.38. The number of hydrogen-bond acceptors (Lipinski definition) is 3. The lowest BCUT2D eigenvalue weighted by molar-refractivity contribution is 0.202. The molecule has 0 aromatic heterocycles. The molecule has 118 valence electrons. The molecular formula is C14H20BrFN2O2S. The highest BCUT2D eigenvalue weighted by Gasteiger charge is 2.27. The maximum absolute atomic E-state index is 13.1. The van der Waals surface area contributed by atoms with Gasteiger partial charge in [0.25, 0.3) is 0 Å². The summed E-state index contributed by atoms with van der Waals surface area (Å²) in [7, 11) is 0.0693. The van der Waals surface area contributed by atoms with Crippen molar-refractivity contribution in [2.24, 2.45) is 5.92 Å². The Hall–Kier alpha value is -0.500. The van der Waals surface area contributed by atoms with Crippen molar-refractivity contribution in [2.45, 2.75) is 17.7 Å². The molecule has 0 N–H and O–H groups in total. The van der Waals surface area contributed by atoms with Crippen LogP contribution in [0.5, 0.6) is 0 Å². The van der Waals surface area contributed by atoms with E-state index in [1.807, 2.05) is 0 Å². The maximum atomic E-state index is 13.1. The summed E-state index contributed by atoms with van der Waals surface area (Å²) >= 11 is 3.13. The molecular weight excluding hydrogens is 359 g/mol. The number of rotatable bonds is 4. The van der Waals surface area contributed by atoms with Crippen molar-refractivity contribution in [2.75, 3.05) is 33.7 Å². The smallest absolute Gasteiger partial charge is 0.243 e. The van der Waals surface area contributed by atoms with Crippen LogP contribution in [0.1, 0.15) is 12.8 Å². The van der Waals surface area contributed by atoms with Crippen molar-refractivity contribution >= 4 is 26.0 Å². The average Bonchev–Trinajstić information content (AvgIpc) is 2.40. The number of sulfonamides is 1. The van der Waals surface area contributed by atoms with Gasteiger partial charge in [0.2, 0.25) is 10.0 Å². The first-order valence-corrected chi connectivity index (χ1v) is 9.14. The number of piperidine rings is 1. The summed E-state index contributed by atoms with van der Waals surface area (Å²) in [5.74, 6) is -0.0843. The molecule has 0 radical (unpaired) electrons. The Bertz CT molecular complexity index is 601. The van der Waals surface area contributed by atoms with Gasteiger partial charge in [-0.15, -0.1) is 0 Å². The summed E-state index contributed by atoms with van der Waals surface area (Å²) in [6, 6.07) is 3.65. The molecule has 0 atom stereocenters. The van der Waals surface area contributed by atoms with Crippen LogP contribution in [0.4, 0.5) is 4.39 Å². The molecule has 0 bridgehead atoms. The van der Waals surface area contributed by atoms with Crippen LogP contribution >= 0.6 is 15.9 Å². The van der Waals surface area contributed by atoms with E-state index in [0.29, 0.717) is 12.5 Å². The highest BCUT2D eigenvalue weighted by molar-refractivity contribution is 9.10. The van der Waals surface area contributed by atoms with Crippen molar-refractivity contribution in [1.29, 1.82) is 0 Å². The van der Waals surface area contributed by atoms with Gasteiger partial charge in [-0.3, -0.25) is 0 Å². The summed E-state index contributed by atoms with van der Waals surface area (Å²) < 4.78 is 39.9. The molecule has 0 aliphatic carbocycles. The van der Waals surface area contributed by atoms with Crippen molar-refractivity contribution in [3.05, 3.63) is 28.5 Å². The van der Waals surface area contributed by atoms with Crippen LogP contribution in [0.25, 0.3) is 0 Å². The van der Waals surface area contributed by atoms with E-state index in [1.165, 1.54) is 22.5 Å². The minimum atomic E-state index is -3.59. The number of hydrogen-bond donors (Lipinski definition) is 0. The quantitative estimate of drug-likeness (QED) is 0.808. The summed E-state index contributed by atoms with van der Waals surface area (Å²) in [5, 5.41) is 0. The van der Waals surface area contributed by atoms with Gasteiger partial charge in [-0.1, -0.05) is 0 Å². The zero-order valence-corrected chi connectivity index (χ0v) is 14.6. The SMILES string of the molecule is CN1CCC(CN(C)S(=O)(=O)c2ccc(F)cc2Br)CC1. The fraction of sp³-hybridized carbons (Fsp3) is 0.571. The minimum absolute atomic E-state index is 0.110. The molecule has 0 amide bonds. The standard InChI is InChI=1S/C14H20BrFN2O2S/c1-17-7-5-11(6-8-17)10-18(2)21(19,20)14-4-3-12(16)9-13(14)15/h3-4,9,11H,5-8,10H2,1-2H3. The molecule has 1 aromatic carbocycles. The second-order valence-electron chi connectivity index (χ2n) is 5.61. The number of benzene rings is 1. The first-order valence-electron chi connectivity index (χ1n) is 6.90. The predicted octanol–water partition coefficient (Wildman–Crippen LogP) is 2.55. The molecule has 1 aromatic rings. The molecule has 0 saturated carbocycles. The third-order valence-electron chi connectivity index (χ3n) is 3.94. The van der Waals surface area contributed by atoms with Gasteiger partial charge in [-0.2, -0.15) is 0 Å². The van der Waals surface area contributed by atoms with E-state index in [0.717, 1.165) is 25.9 Å². The fourth-order valence-corrected chi connectivity index (χ4v) is 4.81. The van der Waals surface area contributed by atoms with Crippen molar-refractivity contribution < 1.29 is 12.8 Å².